The van der Waals surface area contributed by atoms with E-state index in [1.54, 1.807) is 22.9 Å². The van der Waals surface area contributed by atoms with Crippen LogP contribution in [0.15, 0.2) is 45.6 Å². The summed E-state index contributed by atoms with van der Waals surface area (Å²) in [6.45, 7) is 4.17. The number of carbonyl (C=O) groups excluding carboxylic acids is 2. The summed E-state index contributed by atoms with van der Waals surface area (Å²) in [5.74, 6) is 0.741. The first kappa shape index (κ1) is 21.1. The molecule has 0 spiro atoms. The molecule has 0 saturated heterocycles. The lowest BCUT2D eigenvalue weighted by atomic mass is 10.2. The lowest BCUT2D eigenvalue weighted by Gasteiger charge is -2.08. The summed E-state index contributed by atoms with van der Waals surface area (Å²) in [4.78, 5) is 28.6. The Labute approximate surface area is 186 Å². The zero-order valence-corrected chi connectivity index (χ0v) is 18.6. The van der Waals surface area contributed by atoms with Crippen LogP contribution in [-0.4, -0.2) is 41.8 Å². The second kappa shape index (κ2) is 8.90. The van der Waals surface area contributed by atoms with Gasteiger partial charge in [0.2, 0.25) is 5.91 Å². The smallest absolute Gasteiger partial charge is 0.219 e. The van der Waals surface area contributed by atoms with E-state index in [9.17, 15) is 9.59 Å². The summed E-state index contributed by atoms with van der Waals surface area (Å²) in [7, 11) is 0. The van der Waals surface area contributed by atoms with Gasteiger partial charge in [-0.3, -0.25) is 18.7 Å². The third-order valence-corrected chi connectivity index (χ3v) is 6.44. The molecular weight excluding hydrogens is 436 g/mol. The number of aryl methyl sites for hydroxylation is 1. The van der Waals surface area contributed by atoms with Gasteiger partial charge in [0.05, 0.1) is 12.0 Å². The van der Waals surface area contributed by atoms with E-state index < -0.39 is 5.91 Å². The van der Waals surface area contributed by atoms with E-state index in [4.69, 9.17) is 10.2 Å². The van der Waals surface area contributed by atoms with Crippen molar-refractivity contribution in [3.8, 4) is 16.7 Å². The summed E-state index contributed by atoms with van der Waals surface area (Å²) < 4.78 is 9.15. The van der Waals surface area contributed by atoms with Gasteiger partial charge >= 0.3 is 0 Å². The summed E-state index contributed by atoms with van der Waals surface area (Å²) in [5.41, 5.74) is 7.76. The Morgan fingerprint density at radius 3 is 2.81 bits per heavy atom. The summed E-state index contributed by atoms with van der Waals surface area (Å²) >= 11 is 2.78. The third-order valence-electron chi connectivity index (χ3n) is 4.71. The van der Waals surface area contributed by atoms with Crippen LogP contribution in [-0.2, 0) is 11.3 Å². The van der Waals surface area contributed by atoms with Crippen molar-refractivity contribution < 1.29 is 14.0 Å². The largest absolute Gasteiger partial charge is 0.461 e. The fourth-order valence-corrected chi connectivity index (χ4v) is 4.88. The van der Waals surface area contributed by atoms with Crippen molar-refractivity contribution in [3.63, 3.8) is 0 Å². The van der Waals surface area contributed by atoms with Crippen molar-refractivity contribution in [1.82, 2.24) is 24.3 Å². The standard InChI is InChI=1S/C20H20N6O3S2/c1-12-10-14(13(2)26(12)19-22-6-9-30-19)15(27)11-31-20-24-23-18(16-4-3-8-29-16)25(20)7-5-17(21)28/h3-4,6,8-10H,5,7,11H2,1-2H3,(H2,21,28). The van der Waals surface area contributed by atoms with E-state index in [1.165, 1.54) is 29.4 Å². The number of thioether (sulfide) groups is 1. The molecule has 0 saturated carbocycles. The summed E-state index contributed by atoms with van der Waals surface area (Å²) in [6.07, 6.45) is 3.41. The van der Waals surface area contributed by atoms with Crippen molar-refractivity contribution in [3.05, 3.63) is 53.0 Å². The number of Topliss-reactive ketones (excluding diaryl/α,β-unsaturated/α-hetero) is 1. The van der Waals surface area contributed by atoms with Crippen molar-refractivity contribution in [2.75, 3.05) is 5.75 Å². The molecule has 0 aliphatic carbocycles. The maximum absolute atomic E-state index is 13.0. The van der Waals surface area contributed by atoms with Gasteiger partial charge in [-0.25, -0.2) is 4.98 Å². The highest BCUT2D eigenvalue weighted by Gasteiger charge is 2.21. The maximum atomic E-state index is 13.0. The quantitative estimate of drug-likeness (QED) is 0.303. The third kappa shape index (κ3) is 4.32. The van der Waals surface area contributed by atoms with Crippen molar-refractivity contribution in [1.29, 1.82) is 0 Å². The van der Waals surface area contributed by atoms with Crippen molar-refractivity contribution in [2.24, 2.45) is 5.73 Å². The molecule has 4 rings (SSSR count). The molecule has 2 N–H and O–H groups in total. The summed E-state index contributed by atoms with van der Waals surface area (Å²) in [6, 6.07) is 5.39. The molecule has 4 aromatic rings. The number of nitrogens with zero attached hydrogens (tertiary/aromatic N) is 5. The number of ketones is 1. The molecule has 4 heterocycles. The minimum absolute atomic E-state index is 0.0232. The lowest BCUT2D eigenvalue weighted by molar-refractivity contribution is -0.118. The first-order valence-corrected chi connectivity index (χ1v) is 11.3. The molecule has 9 nitrogen and oxygen atoms in total. The molecule has 0 bridgehead atoms. The van der Waals surface area contributed by atoms with Crippen LogP contribution in [0.1, 0.15) is 28.2 Å². The number of rotatable bonds is 9. The average molecular weight is 457 g/mol. The normalized spacial score (nSPS) is 11.2. The molecule has 0 unspecified atom stereocenters. The number of hydrogen-bond donors (Lipinski definition) is 1. The highest BCUT2D eigenvalue weighted by Crippen LogP contribution is 2.27. The van der Waals surface area contributed by atoms with Crippen LogP contribution in [0, 0.1) is 13.8 Å². The van der Waals surface area contributed by atoms with Gasteiger partial charge in [0, 0.05) is 41.5 Å². The molecule has 0 radical (unpaired) electrons. The van der Waals surface area contributed by atoms with Gasteiger partial charge in [-0.2, -0.15) is 0 Å². The van der Waals surface area contributed by atoms with Crippen LogP contribution in [0.3, 0.4) is 0 Å². The van der Waals surface area contributed by atoms with Gasteiger partial charge in [0.15, 0.2) is 27.7 Å². The molecule has 4 aromatic heterocycles. The zero-order chi connectivity index (χ0) is 22.0. The fourth-order valence-electron chi connectivity index (χ4n) is 3.28. The number of aromatic nitrogens is 5. The number of carbonyl (C=O) groups is 2. The molecule has 11 heteroatoms. The monoisotopic (exact) mass is 456 g/mol. The average Bonchev–Trinajstić information content (AvgIpc) is 3.51. The molecule has 0 aromatic carbocycles. The Morgan fingerprint density at radius 1 is 1.29 bits per heavy atom. The molecule has 0 atom stereocenters. The number of furan rings is 1. The number of nitrogens with two attached hydrogens (primary N) is 1. The molecule has 0 aliphatic heterocycles. The van der Waals surface area contributed by atoms with E-state index in [0.717, 1.165) is 16.5 Å². The van der Waals surface area contributed by atoms with Crippen LogP contribution in [0.4, 0.5) is 0 Å². The Hall–Kier alpha value is -3.18. The Kier molecular flexibility index (Phi) is 6.05. The van der Waals surface area contributed by atoms with Gasteiger partial charge in [-0.05, 0) is 32.0 Å². The van der Waals surface area contributed by atoms with E-state index in [1.807, 2.05) is 29.9 Å². The Bertz CT molecular complexity index is 1210. The predicted molar refractivity (Wildman–Crippen MR) is 118 cm³/mol. The van der Waals surface area contributed by atoms with E-state index in [0.29, 0.717) is 28.8 Å². The molecule has 31 heavy (non-hydrogen) atoms. The number of primary amides is 1. The van der Waals surface area contributed by atoms with Gasteiger partial charge < -0.3 is 10.2 Å². The van der Waals surface area contributed by atoms with Crippen LogP contribution < -0.4 is 5.73 Å². The highest BCUT2D eigenvalue weighted by atomic mass is 32.2. The number of thiazole rings is 1. The lowest BCUT2D eigenvalue weighted by Crippen LogP contribution is -2.15. The van der Waals surface area contributed by atoms with Crippen LogP contribution in [0.25, 0.3) is 16.7 Å². The second-order valence-corrected chi connectivity index (χ2v) is 8.61. The van der Waals surface area contributed by atoms with Crippen LogP contribution >= 0.6 is 23.1 Å². The predicted octanol–water partition coefficient (Wildman–Crippen LogP) is 3.25. The van der Waals surface area contributed by atoms with Gasteiger partial charge in [-0.1, -0.05) is 11.8 Å². The zero-order valence-electron chi connectivity index (χ0n) is 16.9. The first-order valence-electron chi connectivity index (χ1n) is 9.46. The molecule has 0 aliphatic rings. The van der Waals surface area contributed by atoms with Crippen LogP contribution in [0.5, 0.6) is 0 Å². The molecule has 0 fully saturated rings. The number of hydrogen-bond acceptors (Lipinski definition) is 8. The van der Waals surface area contributed by atoms with Gasteiger partial charge in [0.25, 0.3) is 0 Å². The van der Waals surface area contributed by atoms with Crippen molar-refractivity contribution >= 4 is 34.8 Å². The first-order chi connectivity index (χ1) is 15.0. The Balaban J connectivity index is 1.55. The number of amides is 1. The topological polar surface area (TPSA) is 122 Å². The van der Waals surface area contributed by atoms with E-state index in [2.05, 4.69) is 15.2 Å². The minimum Gasteiger partial charge on any atom is -0.461 e. The fraction of sp³-hybridized carbons (Fsp3) is 0.250. The molecule has 160 valence electrons. The maximum Gasteiger partial charge on any atom is 0.219 e. The van der Waals surface area contributed by atoms with Crippen molar-refractivity contribution in [2.45, 2.75) is 32.0 Å². The second-order valence-electron chi connectivity index (χ2n) is 6.80. The Morgan fingerprint density at radius 2 is 2.13 bits per heavy atom. The SMILES string of the molecule is Cc1cc(C(=O)CSc2nnc(-c3ccco3)n2CCC(N)=O)c(C)n1-c1nccs1. The summed E-state index contributed by atoms with van der Waals surface area (Å²) in [5, 5.41) is 11.6. The molecule has 1 amide bonds. The van der Waals surface area contributed by atoms with Gasteiger partial charge in [-0.15, -0.1) is 21.5 Å². The minimum atomic E-state index is -0.430. The van der Waals surface area contributed by atoms with E-state index >= 15 is 0 Å². The highest BCUT2D eigenvalue weighted by molar-refractivity contribution is 7.99. The van der Waals surface area contributed by atoms with Gasteiger partial charge in [0.1, 0.15) is 0 Å². The molecular formula is C20H20N6O3S2. The van der Waals surface area contributed by atoms with Crippen LogP contribution in [0.2, 0.25) is 0 Å². The van der Waals surface area contributed by atoms with E-state index in [-0.39, 0.29) is 18.0 Å².